The molecule has 0 fully saturated rings. The lowest BCUT2D eigenvalue weighted by Gasteiger charge is -2.18. The Labute approximate surface area is 183 Å². The van der Waals surface area contributed by atoms with Gasteiger partial charge in [-0.1, -0.05) is 24.3 Å². The molecule has 4 rings (SSSR count). The molecule has 9 heteroatoms. The predicted molar refractivity (Wildman–Crippen MR) is 119 cm³/mol. The molecule has 2 heterocycles. The number of nitrogens with zero attached hydrogens (tertiary/aromatic N) is 2. The standard InChI is InChI=1S/C22H22N4O4S/c1-13-20-21(14-8-9-16(17(10-14)29-2)30-11-18(23)27)31-12-19(28)24-22(20)26(25-13)15-6-4-3-5-7-15/h3-10,21H,11-12H2,1-2H3,(H2,23,27)(H,24,28)/t21-/m1/s1. The fraction of sp³-hybridized carbons (Fsp3) is 0.227. The van der Waals surface area contributed by atoms with Gasteiger partial charge in [0.2, 0.25) is 5.91 Å². The molecule has 0 bridgehead atoms. The van der Waals surface area contributed by atoms with Gasteiger partial charge in [-0.3, -0.25) is 9.59 Å². The van der Waals surface area contributed by atoms with Gasteiger partial charge >= 0.3 is 0 Å². The van der Waals surface area contributed by atoms with Gasteiger partial charge < -0.3 is 20.5 Å². The zero-order valence-corrected chi connectivity index (χ0v) is 17.9. The van der Waals surface area contributed by atoms with Crippen molar-refractivity contribution < 1.29 is 19.1 Å². The quantitative estimate of drug-likeness (QED) is 0.613. The van der Waals surface area contributed by atoms with E-state index in [1.807, 2.05) is 49.4 Å². The van der Waals surface area contributed by atoms with Crippen LogP contribution >= 0.6 is 11.8 Å². The zero-order valence-electron chi connectivity index (χ0n) is 17.1. The van der Waals surface area contributed by atoms with Gasteiger partial charge in [-0.15, -0.1) is 11.8 Å². The van der Waals surface area contributed by atoms with E-state index in [-0.39, 0.29) is 17.8 Å². The number of carbonyl (C=O) groups excluding carboxylic acids is 2. The maximum atomic E-state index is 12.5. The molecule has 0 saturated carbocycles. The van der Waals surface area contributed by atoms with Crippen molar-refractivity contribution in [3.63, 3.8) is 0 Å². The van der Waals surface area contributed by atoms with Crippen LogP contribution in [0, 0.1) is 6.92 Å². The van der Waals surface area contributed by atoms with E-state index in [1.54, 1.807) is 10.7 Å². The number of nitrogens with two attached hydrogens (primary N) is 1. The summed E-state index contributed by atoms with van der Waals surface area (Å²) in [6.07, 6.45) is 0. The third-order valence-corrected chi connectivity index (χ3v) is 6.14. The molecule has 1 atom stereocenters. The molecular weight excluding hydrogens is 416 g/mol. The van der Waals surface area contributed by atoms with Crippen molar-refractivity contribution in [1.82, 2.24) is 9.78 Å². The van der Waals surface area contributed by atoms with Gasteiger partial charge in [-0.2, -0.15) is 5.10 Å². The van der Waals surface area contributed by atoms with Gasteiger partial charge in [0.1, 0.15) is 5.82 Å². The maximum Gasteiger partial charge on any atom is 0.255 e. The second-order valence-corrected chi connectivity index (χ2v) is 8.09. The number of thioether (sulfide) groups is 1. The Morgan fingerprint density at radius 1 is 1.26 bits per heavy atom. The number of primary amides is 1. The van der Waals surface area contributed by atoms with Crippen molar-refractivity contribution in [2.45, 2.75) is 12.2 Å². The summed E-state index contributed by atoms with van der Waals surface area (Å²) in [6, 6.07) is 15.2. The average Bonchev–Trinajstić information content (AvgIpc) is 2.97. The van der Waals surface area contributed by atoms with Gasteiger partial charge in [0.15, 0.2) is 18.1 Å². The molecule has 160 valence electrons. The number of ether oxygens (including phenoxy) is 2. The van der Waals surface area contributed by atoms with Gasteiger partial charge in [-0.25, -0.2) is 4.68 Å². The molecule has 1 aliphatic rings. The van der Waals surface area contributed by atoms with Gasteiger partial charge in [0, 0.05) is 5.56 Å². The number of carbonyl (C=O) groups is 2. The fourth-order valence-corrected chi connectivity index (χ4v) is 4.70. The minimum Gasteiger partial charge on any atom is -0.493 e. The van der Waals surface area contributed by atoms with E-state index in [9.17, 15) is 9.59 Å². The minimum absolute atomic E-state index is 0.0841. The fourth-order valence-electron chi connectivity index (χ4n) is 3.52. The molecule has 1 aromatic heterocycles. The molecule has 3 N–H and O–H groups in total. The summed E-state index contributed by atoms with van der Waals surface area (Å²) in [7, 11) is 1.53. The highest BCUT2D eigenvalue weighted by atomic mass is 32.2. The summed E-state index contributed by atoms with van der Waals surface area (Å²) in [5.41, 5.74) is 8.73. The first-order chi connectivity index (χ1) is 15.0. The Morgan fingerprint density at radius 2 is 2.03 bits per heavy atom. The first-order valence-electron chi connectivity index (χ1n) is 9.63. The molecule has 31 heavy (non-hydrogen) atoms. The molecule has 0 spiro atoms. The zero-order chi connectivity index (χ0) is 22.0. The highest BCUT2D eigenvalue weighted by Crippen LogP contribution is 2.45. The number of benzene rings is 2. The number of hydrogen-bond donors (Lipinski definition) is 2. The minimum atomic E-state index is -0.566. The number of anilines is 1. The highest BCUT2D eigenvalue weighted by Gasteiger charge is 2.31. The SMILES string of the molecule is COc1cc([C@H]2SCC(=O)Nc3c2c(C)nn3-c2ccccc2)ccc1OCC(N)=O. The lowest BCUT2D eigenvalue weighted by Crippen LogP contribution is -2.20. The maximum absolute atomic E-state index is 12.5. The molecule has 0 saturated heterocycles. The Morgan fingerprint density at radius 3 is 2.74 bits per heavy atom. The molecule has 0 aliphatic carbocycles. The summed E-state index contributed by atoms with van der Waals surface area (Å²) >= 11 is 1.52. The number of hydrogen-bond acceptors (Lipinski definition) is 6. The van der Waals surface area contributed by atoms with E-state index in [0.29, 0.717) is 23.1 Å². The van der Waals surface area contributed by atoms with E-state index in [2.05, 4.69) is 5.32 Å². The number of aryl methyl sites for hydroxylation is 1. The van der Waals surface area contributed by atoms with Gasteiger partial charge in [-0.05, 0) is 36.8 Å². The lowest BCUT2D eigenvalue weighted by atomic mass is 10.0. The molecule has 3 aromatic rings. The number of fused-ring (bicyclic) bond motifs is 1. The van der Waals surface area contributed by atoms with E-state index >= 15 is 0 Å². The van der Waals surface area contributed by atoms with Crippen LogP contribution in [0.2, 0.25) is 0 Å². The van der Waals surface area contributed by atoms with Crippen molar-refractivity contribution in [3.8, 4) is 17.2 Å². The summed E-state index contributed by atoms with van der Waals surface area (Å²) in [5, 5.41) is 7.57. The number of methoxy groups -OCH3 is 1. The van der Waals surface area contributed by atoms with E-state index in [4.69, 9.17) is 20.3 Å². The Kier molecular flexibility index (Phi) is 5.85. The summed E-state index contributed by atoms with van der Waals surface area (Å²) in [5.74, 6) is 1.22. The van der Waals surface area contributed by atoms with Crippen LogP contribution in [0.15, 0.2) is 48.5 Å². The summed E-state index contributed by atoms with van der Waals surface area (Å²) < 4.78 is 12.7. The molecule has 0 unspecified atom stereocenters. The Balaban J connectivity index is 1.78. The lowest BCUT2D eigenvalue weighted by molar-refractivity contribution is -0.120. The van der Waals surface area contributed by atoms with Gasteiger partial charge in [0.05, 0.1) is 29.5 Å². The first-order valence-corrected chi connectivity index (χ1v) is 10.7. The van der Waals surface area contributed by atoms with Crippen LogP contribution in [0.1, 0.15) is 22.1 Å². The van der Waals surface area contributed by atoms with Crippen LogP contribution in [0.3, 0.4) is 0 Å². The summed E-state index contributed by atoms with van der Waals surface area (Å²) in [6.45, 7) is 1.70. The molecule has 2 amide bonds. The van der Waals surface area contributed by atoms with Crippen LogP contribution in [-0.4, -0.2) is 41.1 Å². The van der Waals surface area contributed by atoms with Crippen LogP contribution in [0.4, 0.5) is 5.82 Å². The van der Waals surface area contributed by atoms with Crippen molar-refractivity contribution >= 4 is 29.4 Å². The molecule has 1 aliphatic heterocycles. The smallest absolute Gasteiger partial charge is 0.255 e. The molecule has 0 radical (unpaired) electrons. The average molecular weight is 439 g/mol. The molecule has 8 nitrogen and oxygen atoms in total. The topological polar surface area (TPSA) is 108 Å². The van der Waals surface area contributed by atoms with Crippen molar-refractivity contribution in [2.75, 3.05) is 24.8 Å². The number of para-hydroxylation sites is 1. The van der Waals surface area contributed by atoms with Crippen LogP contribution in [0.25, 0.3) is 5.69 Å². The van der Waals surface area contributed by atoms with E-state index in [1.165, 1.54) is 18.9 Å². The first kappa shape index (κ1) is 20.8. The third-order valence-electron chi connectivity index (χ3n) is 4.87. The van der Waals surface area contributed by atoms with Gasteiger partial charge in [0.25, 0.3) is 5.91 Å². The molecule has 2 aromatic carbocycles. The highest BCUT2D eigenvalue weighted by molar-refractivity contribution is 8.00. The Hall–Kier alpha value is -3.46. The largest absolute Gasteiger partial charge is 0.493 e. The second-order valence-electron chi connectivity index (χ2n) is 7.00. The van der Waals surface area contributed by atoms with Crippen LogP contribution in [0.5, 0.6) is 11.5 Å². The van der Waals surface area contributed by atoms with Crippen LogP contribution in [-0.2, 0) is 9.59 Å². The third kappa shape index (κ3) is 4.22. The second kappa shape index (κ2) is 8.73. The Bertz CT molecular complexity index is 1130. The monoisotopic (exact) mass is 438 g/mol. The number of amides is 2. The van der Waals surface area contributed by atoms with E-state index < -0.39 is 5.91 Å². The van der Waals surface area contributed by atoms with Crippen molar-refractivity contribution in [2.24, 2.45) is 5.73 Å². The number of aromatic nitrogens is 2. The van der Waals surface area contributed by atoms with Crippen molar-refractivity contribution in [3.05, 3.63) is 65.4 Å². The summed E-state index contributed by atoms with van der Waals surface area (Å²) in [4.78, 5) is 23.5. The van der Waals surface area contributed by atoms with Crippen molar-refractivity contribution in [1.29, 1.82) is 0 Å². The van der Waals surface area contributed by atoms with E-state index in [0.717, 1.165) is 22.5 Å². The van der Waals surface area contributed by atoms with Crippen LogP contribution < -0.4 is 20.5 Å². The normalized spacial score (nSPS) is 15.5. The predicted octanol–water partition coefficient (Wildman–Crippen LogP) is 2.83. The number of rotatable bonds is 6. The molecular formula is C22H22N4O4S. The number of nitrogens with one attached hydrogen (secondary N) is 1.